The van der Waals surface area contributed by atoms with Gasteiger partial charge in [-0.2, -0.15) is 0 Å². The normalized spacial score (nSPS) is 6.50. The van der Waals surface area contributed by atoms with Gasteiger partial charge in [0.1, 0.15) is 0 Å². The van der Waals surface area contributed by atoms with Crippen molar-refractivity contribution in [3.63, 3.8) is 0 Å². The third kappa shape index (κ3) is 53.2. The Balaban J connectivity index is 2.80. The molecule has 0 saturated heterocycles. The molecule has 0 aliphatic rings. The summed E-state index contributed by atoms with van der Waals surface area (Å²) < 4.78 is 1.10. The van der Waals surface area contributed by atoms with Gasteiger partial charge in [-0.1, -0.05) is 0 Å². The van der Waals surface area contributed by atoms with Crippen molar-refractivity contribution in [2.75, 3.05) is 0 Å². The van der Waals surface area contributed by atoms with Crippen LogP contribution in [0.15, 0.2) is 11.1 Å². The standard InChI is InChI=1S/C3H6Se/c1-3(2)4/h4H,1H2,2H3. The van der Waals surface area contributed by atoms with Crippen molar-refractivity contribution in [1.82, 2.24) is 0 Å². The maximum atomic E-state index is 3.53. The summed E-state index contributed by atoms with van der Waals surface area (Å²) in [5, 5.41) is 0. The van der Waals surface area contributed by atoms with Gasteiger partial charge in [0.15, 0.2) is 0 Å². The Labute approximate surface area is 34.7 Å². The molecule has 4 heavy (non-hydrogen) atoms. The van der Waals surface area contributed by atoms with Crippen LogP contribution in [0.1, 0.15) is 6.92 Å². The molecular weight excluding hydrogens is 115 g/mol. The Morgan fingerprint density at radius 3 is 2.00 bits per heavy atom. The number of rotatable bonds is 0. The molecule has 0 bridgehead atoms. The minimum atomic E-state index is 1.10. The second-order valence-corrected chi connectivity index (χ2v) is 2.34. The first-order chi connectivity index (χ1) is 1.73. The van der Waals surface area contributed by atoms with Crippen molar-refractivity contribution < 1.29 is 0 Å². The molecule has 0 aromatic rings. The van der Waals surface area contributed by atoms with Crippen LogP contribution in [0.5, 0.6) is 0 Å². The topological polar surface area (TPSA) is 0 Å². The molecular formula is C3H6Se. The molecule has 0 radical (unpaired) electrons. The van der Waals surface area contributed by atoms with Crippen molar-refractivity contribution in [2.45, 2.75) is 6.92 Å². The number of hydrogen-bond acceptors (Lipinski definition) is 0. The van der Waals surface area contributed by atoms with Crippen molar-refractivity contribution in [3.05, 3.63) is 11.1 Å². The average Bonchev–Trinajstić information content (AvgIpc) is 0.811. The SMILES string of the molecule is C=C(C)[SeH]. The van der Waals surface area contributed by atoms with E-state index in [1.807, 2.05) is 6.92 Å². The van der Waals surface area contributed by atoms with E-state index in [2.05, 4.69) is 22.6 Å². The van der Waals surface area contributed by atoms with E-state index in [0.717, 1.165) is 4.47 Å². The first kappa shape index (κ1) is 4.26. The van der Waals surface area contributed by atoms with Crippen LogP contribution in [0, 0.1) is 0 Å². The molecule has 0 aromatic carbocycles. The summed E-state index contributed by atoms with van der Waals surface area (Å²) in [6.07, 6.45) is 0. The Morgan fingerprint density at radius 2 is 2.00 bits per heavy atom. The predicted molar refractivity (Wildman–Crippen MR) is 22.0 cm³/mol. The Bertz CT molecular complexity index is 26.3. The molecule has 1 heteroatoms. The van der Waals surface area contributed by atoms with Crippen molar-refractivity contribution in [3.8, 4) is 0 Å². The number of hydrogen-bond donors (Lipinski definition) is 0. The van der Waals surface area contributed by atoms with E-state index in [0.29, 0.717) is 0 Å². The van der Waals surface area contributed by atoms with Gasteiger partial charge in [-0.15, -0.1) is 0 Å². The molecule has 0 unspecified atom stereocenters. The first-order valence-corrected chi connectivity index (χ1v) is 2.02. The van der Waals surface area contributed by atoms with Crippen LogP contribution in [0.25, 0.3) is 0 Å². The van der Waals surface area contributed by atoms with Gasteiger partial charge in [0.25, 0.3) is 0 Å². The Morgan fingerprint density at radius 1 is 2.00 bits per heavy atom. The van der Waals surface area contributed by atoms with E-state index in [4.69, 9.17) is 0 Å². The van der Waals surface area contributed by atoms with Crippen LogP contribution in [-0.4, -0.2) is 16.0 Å². The fourth-order valence-electron chi connectivity index (χ4n) is 0. The van der Waals surface area contributed by atoms with E-state index in [1.54, 1.807) is 0 Å². The minimum absolute atomic E-state index is 1.10. The van der Waals surface area contributed by atoms with Gasteiger partial charge in [-0.3, -0.25) is 0 Å². The van der Waals surface area contributed by atoms with Crippen molar-refractivity contribution in [2.24, 2.45) is 0 Å². The third-order valence-corrected chi connectivity index (χ3v) is 0. The molecule has 0 heterocycles. The van der Waals surface area contributed by atoms with Crippen LogP contribution >= 0.6 is 0 Å². The molecule has 0 nitrogen and oxygen atoms in total. The summed E-state index contributed by atoms with van der Waals surface area (Å²) in [6.45, 7) is 5.47. The Hall–Kier alpha value is 0.259. The first-order valence-electron chi connectivity index (χ1n) is 1.08. The molecule has 0 atom stereocenters. The summed E-state index contributed by atoms with van der Waals surface area (Å²) in [5.41, 5.74) is 0. The molecule has 0 N–H and O–H groups in total. The van der Waals surface area contributed by atoms with Crippen LogP contribution in [0.4, 0.5) is 0 Å². The Kier molecular flexibility index (Phi) is 1.67. The van der Waals surface area contributed by atoms with Crippen LogP contribution < -0.4 is 0 Å². The second kappa shape index (κ2) is 1.57. The zero-order valence-corrected chi connectivity index (χ0v) is 4.53. The molecule has 0 aliphatic carbocycles. The van der Waals surface area contributed by atoms with Crippen molar-refractivity contribution in [1.29, 1.82) is 0 Å². The fourth-order valence-corrected chi connectivity index (χ4v) is 0. The summed E-state index contributed by atoms with van der Waals surface area (Å²) in [5.74, 6) is 0. The molecule has 0 spiro atoms. The number of allylic oxidation sites excluding steroid dienone is 1. The quantitative estimate of drug-likeness (QED) is 0.407. The molecule has 0 aromatic heterocycles. The zero-order chi connectivity index (χ0) is 3.58. The van der Waals surface area contributed by atoms with Gasteiger partial charge in [0.05, 0.1) is 0 Å². The summed E-state index contributed by atoms with van der Waals surface area (Å²) in [4.78, 5) is 0. The van der Waals surface area contributed by atoms with E-state index >= 15 is 0 Å². The molecule has 0 aliphatic heterocycles. The van der Waals surface area contributed by atoms with Crippen LogP contribution in [0.3, 0.4) is 0 Å². The molecule has 0 fully saturated rings. The van der Waals surface area contributed by atoms with Gasteiger partial charge in [0.2, 0.25) is 0 Å². The summed E-state index contributed by atoms with van der Waals surface area (Å²) in [7, 11) is 0. The molecule has 24 valence electrons. The maximum absolute atomic E-state index is 3.53. The van der Waals surface area contributed by atoms with Gasteiger partial charge < -0.3 is 0 Å². The molecule has 0 amide bonds. The average molecular weight is 121 g/mol. The van der Waals surface area contributed by atoms with E-state index in [9.17, 15) is 0 Å². The molecule has 0 saturated carbocycles. The third-order valence-electron chi connectivity index (χ3n) is 0. The van der Waals surface area contributed by atoms with E-state index < -0.39 is 0 Å². The van der Waals surface area contributed by atoms with E-state index in [1.165, 1.54) is 0 Å². The zero-order valence-electron chi connectivity index (χ0n) is 2.65. The van der Waals surface area contributed by atoms with E-state index in [-0.39, 0.29) is 0 Å². The van der Waals surface area contributed by atoms with Gasteiger partial charge in [0, 0.05) is 0 Å². The predicted octanol–water partition coefficient (Wildman–Crippen LogP) is 0.421. The van der Waals surface area contributed by atoms with Gasteiger partial charge >= 0.3 is 34.0 Å². The fraction of sp³-hybridized carbons (Fsp3) is 0.333. The monoisotopic (exact) mass is 122 g/mol. The summed E-state index contributed by atoms with van der Waals surface area (Å²) in [6, 6.07) is 0. The van der Waals surface area contributed by atoms with Crippen molar-refractivity contribution >= 4 is 16.0 Å². The molecule has 0 rings (SSSR count). The second-order valence-electron chi connectivity index (χ2n) is 0.735. The van der Waals surface area contributed by atoms with Crippen LogP contribution in [0.2, 0.25) is 0 Å². The summed E-state index contributed by atoms with van der Waals surface area (Å²) >= 11 is 2.34. The van der Waals surface area contributed by atoms with Crippen LogP contribution in [-0.2, 0) is 0 Å². The van der Waals surface area contributed by atoms with Gasteiger partial charge in [-0.25, -0.2) is 0 Å². The van der Waals surface area contributed by atoms with Gasteiger partial charge in [-0.05, 0) is 0 Å².